The monoisotopic (exact) mass is 277 g/mol. The van der Waals surface area contributed by atoms with Gasteiger partial charge in [-0.25, -0.2) is 4.39 Å². The van der Waals surface area contributed by atoms with Crippen molar-refractivity contribution in [2.75, 3.05) is 6.61 Å². The van der Waals surface area contributed by atoms with Crippen LogP contribution in [0.2, 0.25) is 0 Å². The predicted molar refractivity (Wildman–Crippen MR) is 66.8 cm³/mol. The lowest BCUT2D eigenvalue weighted by Crippen LogP contribution is -2.07. The molecule has 0 aliphatic carbocycles. The summed E-state index contributed by atoms with van der Waals surface area (Å²) in [5, 5.41) is 3.79. The van der Waals surface area contributed by atoms with E-state index >= 15 is 0 Å². The van der Waals surface area contributed by atoms with E-state index in [-0.39, 0.29) is 18.8 Å². The number of aromatic nitrogens is 1. The third-order valence-electron chi connectivity index (χ3n) is 2.79. The van der Waals surface area contributed by atoms with Gasteiger partial charge in [0.1, 0.15) is 11.6 Å². The molecule has 1 aromatic heterocycles. The topological polar surface area (TPSA) is 69.4 Å². The molecule has 0 fully saturated rings. The fourth-order valence-electron chi connectivity index (χ4n) is 1.83. The van der Waals surface area contributed by atoms with Crippen molar-refractivity contribution in [3.05, 3.63) is 52.7 Å². The van der Waals surface area contributed by atoms with Crippen LogP contribution in [-0.2, 0) is 16.0 Å². The Kier molecular flexibility index (Phi) is 4.24. The van der Waals surface area contributed by atoms with Crippen molar-refractivity contribution in [2.45, 2.75) is 13.3 Å². The van der Waals surface area contributed by atoms with Crippen molar-refractivity contribution < 1.29 is 23.2 Å². The quantitative estimate of drug-likeness (QED) is 0.459. The maximum atomic E-state index is 12.9. The Balaban J connectivity index is 2.26. The van der Waals surface area contributed by atoms with Gasteiger partial charge in [0, 0.05) is 12.0 Å². The molecule has 6 heteroatoms. The minimum atomic E-state index is -0.414. The van der Waals surface area contributed by atoms with E-state index in [1.807, 2.05) is 0 Å². The van der Waals surface area contributed by atoms with Gasteiger partial charge in [0.25, 0.3) is 6.47 Å². The van der Waals surface area contributed by atoms with E-state index in [1.165, 1.54) is 24.3 Å². The van der Waals surface area contributed by atoms with Crippen LogP contribution in [-0.4, -0.2) is 24.0 Å². The summed E-state index contributed by atoms with van der Waals surface area (Å²) in [6, 6.07) is 5.22. The summed E-state index contributed by atoms with van der Waals surface area (Å²) >= 11 is 0. The molecule has 0 saturated heterocycles. The van der Waals surface area contributed by atoms with Crippen molar-refractivity contribution in [1.29, 1.82) is 0 Å². The lowest BCUT2D eigenvalue weighted by Gasteiger charge is -2.02. The zero-order chi connectivity index (χ0) is 14.5. The number of carbonyl (C=O) groups is 2. The summed E-state index contributed by atoms with van der Waals surface area (Å²) < 4.78 is 22.4. The molecule has 0 saturated carbocycles. The Labute approximate surface area is 114 Å². The SMILES string of the molecule is Cc1onc(CCOC=O)c1C(=O)c1ccc(F)cc1. The van der Waals surface area contributed by atoms with Gasteiger partial charge >= 0.3 is 0 Å². The van der Waals surface area contributed by atoms with Crippen LogP contribution >= 0.6 is 0 Å². The second-order valence-electron chi connectivity index (χ2n) is 4.11. The normalized spacial score (nSPS) is 10.3. The number of benzene rings is 1. The number of rotatable bonds is 6. The van der Waals surface area contributed by atoms with Crippen molar-refractivity contribution in [1.82, 2.24) is 5.16 Å². The van der Waals surface area contributed by atoms with Gasteiger partial charge in [0.15, 0.2) is 5.78 Å². The molecule has 104 valence electrons. The Morgan fingerprint density at radius 1 is 1.40 bits per heavy atom. The van der Waals surface area contributed by atoms with Crippen LogP contribution < -0.4 is 0 Å². The highest BCUT2D eigenvalue weighted by molar-refractivity contribution is 6.10. The first-order chi connectivity index (χ1) is 9.63. The van der Waals surface area contributed by atoms with Gasteiger partial charge in [-0.05, 0) is 31.2 Å². The molecule has 20 heavy (non-hydrogen) atoms. The standard InChI is InChI=1S/C14H12FNO4/c1-9-13(12(16-20-9)6-7-19-8-17)14(18)10-2-4-11(15)5-3-10/h2-5,8H,6-7H2,1H3. The molecule has 2 aromatic rings. The first kappa shape index (κ1) is 13.9. The van der Waals surface area contributed by atoms with Crippen LogP contribution in [0.5, 0.6) is 0 Å². The third kappa shape index (κ3) is 2.90. The lowest BCUT2D eigenvalue weighted by atomic mass is 10.0. The molecule has 0 atom stereocenters. The molecule has 0 amide bonds. The van der Waals surface area contributed by atoms with E-state index in [1.54, 1.807) is 6.92 Å². The van der Waals surface area contributed by atoms with Crippen molar-refractivity contribution in [3.63, 3.8) is 0 Å². The van der Waals surface area contributed by atoms with Crippen molar-refractivity contribution >= 4 is 12.3 Å². The second kappa shape index (κ2) is 6.10. The van der Waals surface area contributed by atoms with E-state index in [2.05, 4.69) is 9.89 Å². The smallest absolute Gasteiger partial charge is 0.293 e. The van der Waals surface area contributed by atoms with Crippen LogP contribution in [0, 0.1) is 12.7 Å². The Morgan fingerprint density at radius 3 is 2.75 bits per heavy atom. The van der Waals surface area contributed by atoms with Crippen molar-refractivity contribution in [3.8, 4) is 0 Å². The number of hydrogen-bond acceptors (Lipinski definition) is 5. The largest absolute Gasteiger partial charge is 0.467 e. The minimum Gasteiger partial charge on any atom is -0.467 e. The number of hydrogen-bond donors (Lipinski definition) is 0. The molecular weight excluding hydrogens is 265 g/mol. The maximum absolute atomic E-state index is 12.9. The number of ketones is 1. The van der Waals surface area contributed by atoms with Crippen LogP contribution in [0.3, 0.4) is 0 Å². The zero-order valence-corrected chi connectivity index (χ0v) is 10.8. The zero-order valence-electron chi connectivity index (χ0n) is 10.8. The maximum Gasteiger partial charge on any atom is 0.293 e. The average molecular weight is 277 g/mol. The average Bonchev–Trinajstić information content (AvgIpc) is 2.80. The molecule has 0 aliphatic heterocycles. The first-order valence-electron chi connectivity index (χ1n) is 5.94. The molecule has 1 heterocycles. The van der Waals surface area contributed by atoms with E-state index in [4.69, 9.17) is 4.52 Å². The van der Waals surface area contributed by atoms with Crippen LogP contribution in [0.25, 0.3) is 0 Å². The summed E-state index contributed by atoms with van der Waals surface area (Å²) in [6.45, 7) is 2.06. The molecule has 5 nitrogen and oxygen atoms in total. The van der Waals surface area contributed by atoms with Gasteiger partial charge in [0.2, 0.25) is 0 Å². The van der Waals surface area contributed by atoms with E-state index in [0.717, 1.165) is 0 Å². The highest BCUT2D eigenvalue weighted by Gasteiger charge is 2.21. The molecular formula is C14H12FNO4. The Morgan fingerprint density at radius 2 is 2.10 bits per heavy atom. The minimum absolute atomic E-state index is 0.110. The molecule has 1 aromatic carbocycles. The van der Waals surface area contributed by atoms with Gasteiger partial charge in [-0.2, -0.15) is 0 Å². The van der Waals surface area contributed by atoms with Gasteiger partial charge in [0.05, 0.1) is 17.9 Å². The Bertz CT molecular complexity index is 619. The van der Waals surface area contributed by atoms with Gasteiger partial charge in [-0.3, -0.25) is 9.59 Å². The molecule has 0 unspecified atom stereocenters. The van der Waals surface area contributed by atoms with E-state index < -0.39 is 5.82 Å². The van der Waals surface area contributed by atoms with Gasteiger partial charge in [-0.15, -0.1) is 0 Å². The number of carbonyl (C=O) groups excluding carboxylic acids is 2. The van der Waals surface area contributed by atoms with Crippen LogP contribution in [0.15, 0.2) is 28.8 Å². The number of nitrogens with zero attached hydrogens (tertiary/aromatic N) is 1. The summed E-state index contributed by atoms with van der Waals surface area (Å²) in [7, 11) is 0. The summed E-state index contributed by atoms with van der Waals surface area (Å²) in [5.41, 5.74) is 1.08. The number of ether oxygens (including phenoxy) is 1. The van der Waals surface area contributed by atoms with Crippen LogP contribution in [0.4, 0.5) is 4.39 Å². The highest BCUT2D eigenvalue weighted by Crippen LogP contribution is 2.19. The highest BCUT2D eigenvalue weighted by atomic mass is 19.1. The van der Waals surface area contributed by atoms with Gasteiger partial charge < -0.3 is 9.26 Å². The lowest BCUT2D eigenvalue weighted by molar-refractivity contribution is -0.128. The molecule has 0 aliphatic rings. The molecule has 0 spiro atoms. The third-order valence-corrected chi connectivity index (χ3v) is 2.79. The van der Waals surface area contributed by atoms with Crippen molar-refractivity contribution in [2.24, 2.45) is 0 Å². The molecule has 0 bridgehead atoms. The first-order valence-corrected chi connectivity index (χ1v) is 5.94. The summed E-state index contributed by atoms with van der Waals surface area (Å²) in [4.78, 5) is 22.5. The predicted octanol–water partition coefficient (Wildman–Crippen LogP) is 2.07. The van der Waals surface area contributed by atoms with Gasteiger partial charge in [-0.1, -0.05) is 5.16 Å². The number of aryl methyl sites for hydroxylation is 1. The van der Waals surface area contributed by atoms with E-state index in [0.29, 0.717) is 29.1 Å². The summed E-state index contributed by atoms with van der Waals surface area (Å²) in [5.74, 6) is -0.339. The fourth-order valence-corrected chi connectivity index (χ4v) is 1.83. The van der Waals surface area contributed by atoms with E-state index in [9.17, 15) is 14.0 Å². The summed E-state index contributed by atoms with van der Waals surface area (Å²) in [6.07, 6.45) is 0.276. The molecule has 2 rings (SSSR count). The molecule has 0 radical (unpaired) electrons. The van der Waals surface area contributed by atoms with Crippen LogP contribution in [0.1, 0.15) is 27.4 Å². The Hall–Kier alpha value is -2.50. The second-order valence-corrected chi connectivity index (χ2v) is 4.11. The fraction of sp³-hybridized carbons (Fsp3) is 0.214. The molecule has 0 N–H and O–H groups in total. The number of halogens is 1.